The number of nitrogens with zero attached hydrogens (tertiary/aromatic N) is 3. The number of carbonyl (C=O) groups is 1. The van der Waals surface area contributed by atoms with Gasteiger partial charge in [0, 0.05) is 50.8 Å². The van der Waals surface area contributed by atoms with Crippen LogP contribution >= 0.6 is 11.8 Å². The fourth-order valence-corrected chi connectivity index (χ4v) is 5.73. The molecule has 3 aliphatic rings. The van der Waals surface area contributed by atoms with Gasteiger partial charge in [-0.1, -0.05) is 13.8 Å². The highest BCUT2D eigenvalue weighted by Crippen LogP contribution is 2.35. The molecular formula is C19H35N3O2S. The van der Waals surface area contributed by atoms with E-state index in [0.29, 0.717) is 5.92 Å². The predicted octanol–water partition coefficient (Wildman–Crippen LogP) is 2.76. The number of likely N-dealkylation sites (tertiary alicyclic amines) is 1. The van der Waals surface area contributed by atoms with E-state index in [1.54, 1.807) is 0 Å². The largest absolute Gasteiger partial charge is 0.441 e. The quantitative estimate of drug-likeness (QED) is 0.690. The molecule has 0 aliphatic carbocycles. The number of carbonyl (C=O) groups excluding carboxylic acids is 1. The van der Waals surface area contributed by atoms with Gasteiger partial charge in [0.15, 0.2) is 0 Å². The van der Waals surface area contributed by atoms with Crippen molar-refractivity contribution in [3.8, 4) is 0 Å². The third-order valence-corrected chi connectivity index (χ3v) is 6.96. The highest BCUT2D eigenvalue weighted by atomic mass is 32.2. The molecule has 0 aromatic carbocycles. The summed E-state index contributed by atoms with van der Waals surface area (Å²) in [6, 6.07) is 0.757. The lowest BCUT2D eigenvalue weighted by atomic mass is 9.90. The second-order valence-electron chi connectivity index (χ2n) is 8.54. The van der Waals surface area contributed by atoms with Gasteiger partial charge in [0.05, 0.1) is 6.54 Å². The molecule has 0 aromatic rings. The molecule has 3 rings (SSSR count). The highest BCUT2D eigenvalue weighted by Gasteiger charge is 2.47. The molecule has 25 heavy (non-hydrogen) atoms. The van der Waals surface area contributed by atoms with Crippen LogP contribution in [0.2, 0.25) is 0 Å². The predicted molar refractivity (Wildman–Crippen MR) is 104 cm³/mol. The molecule has 144 valence electrons. The molecule has 3 heterocycles. The van der Waals surface area contributed by atoms with Gasteiger partial charge in [0.1, 0.15) is 5.60 Å². The summed E-state index contributed by atoms with van der Waals surface area (Å²) < 4.78 is 5.88. The average molecular weight is 370 g/mol. The summed E-state index contributed by atoms with van der Waals surface area (Å²) in [6.07, 6.45) is 4.28. The molecule has 1 amide bonds. The normalized spacial score (nSPS) is 27.0. The monoisotopic (exact) mass is 369 g/mol. The Morgan fingerprint density at radius 1 is 1.36 bits per heavy atom. The Hall–Kier alpha value is -0.460. The van der Waals surface area contributed by atoms with Crippen molar-refractivity contribution in [2.45, 2.75) is 51.2 Å². The Bertz CT molecular complexity index is 446. The number of piperidine rings is 1. The molecular weight excluding hydrogens is 334 g/mol. The minimum atomic E-state index is -0.205. The maximum Gasteiger partial charge on any atom is 0.410 e. The Labute approximate surface area is 157 Å². The smallest absolute Gasteiger partial charge is 0.410 e. The molecule has 1 atom stereocenters. The lowest BCUT2D eigenvalue weighted by Gasteiger charge is -2.40. The highest BCUT2D eigenvalue weighted by molar-refractivity contribution is 7.99. The minimum absolute atomic E-state index is 0.0867. The summed E-state index contributed by atoms with van der Waals surface area (Å²) in [5.74, 6) is 3.27. The number of amides is 1. The van der Waals surface area contributed by atoms with Gasteiger partial charge in [-0.2, -0.15) is 11.8 Å². The molecule has 0 aromatic heterocycles. The van der Waals surface area contributed by atoms with Crippen LogP contribution in [0.4, 0.5) is 4.79 Å². The average Bonchev–Trinajstić information content (AvgIpc) is 3.17. The van der Waals surface area contributed by atoms with Crippen LogP contribution < -0.4 is 0 Å². The zero-order valence-corrected chi connectivity index (χ0v) is 17.0. The molecule has 6 heteroatoms. The van der Waals surface area contributed by atoms with Gasteiger partial charge in [0.2, 0.25) is 0 Å². The van der Waals surface area contributed by atoms with Crippen LogP contribution in [-0.4, -0.2) is 90.3 Å². The van der Waals surface area contributed by atoms with E-state index >= 15 is 0 Å². The molecule has 0 unspecified atom stereocenters. The molecule has 1 spiro atoms. The number of hydrogen-bond acceptors (Lipinski definition) is 5. The molecule has 5 nitrogen and oxygen atoms in total. The Balaban J connectivity index is 1.41. The van der Waals surface area contributed by atoms with Crippen molar-refractivity contribution < 1.29 is 9.53 Å². The van der Waals surface area contributed by atoms with Gasteiger partial charge in [-0.05, 0) is 38.1 Å². The summed E-state index contributed by atoms with van der Waals surface area (Å²) in [5.41, 5.74) is -0.205. The van der Waals surface area contributed by atoms with Crippen LogP contribution in [0.25, 0.3) is 0 Å². The van der Waals surface area contributed by atoms with Crippen LogP contribution in [-0.2, 0) is 4.74 Å². The number of thioether (sulfide) groups is 1. The third kappa shape index (κ3) is 5.04. The van der Waals surface area contributed by atoms with Gasteiger partial charge >= 0.3 is 6.09 Å². The summed E-state index contributed by atoms with van der Waals surface area (Å²) in [4.78, 5) is 19.2. The first-order valence-corrected chi connectivity index (χ1v) is 11.1. The first kappa shape index (κ1) is 19.3. The second-order valence-corrected chi connectivity index (χ2v) is 9.69. The van der Waals surface area contributed by atoms with E-state index in [1.165, 1.54) is 17.9 Å². The Morgan fingerprint density at radius 3 is 2.76 bits per heavy atom. The van der Waals surface area contributed by atoms with Crippen LogP contribution in [0.3, 0.4) is 0 Å². The molecule has 0 saturated carbocycles. The van der Waals surface area contributed by atoms with Crippen molar-refractivity contribution in [2.24, 2.45) is 5.92 Å². The Morgan fingerprint density at radius 2 is 2.12 bits per heavy atom. The summed E-state index contributed by atoms with van der Waals surface area (Å²) >= 11 is 2.08. The lowest BCUT2D eigenvalue weighted by molar-refractivity contribution is -0.00742. The van der Waals surface area contributed by atoms with Gasteiger partial charge in [-0.3, -0.25) is 4.90 Å². The fourth-order valence-electron chi connectivity index (χ4n) is 4.48. The maximum absolute atomic E-state index is 12.3. The van der Waals surface area contributed by atoms with E-state index < -0.39 is 0 Å². The molecule has 3 aliphatic heterocycles. The summed E-state index contributed by atoms with van der Waals surface area (Å²) in [6.45, 7) is 10.4. The lowest BCUT2D eigenvalue weighted by Crippen LogP contribution is -2.50. The van der Waals surface area contributed by atoms with Gasteiger partial charge in [0.25, 0.3) is 0 Å². The second kappa shape index (κ2) is 8.49. The van der Waals surface area contributed by atoms with Crippen molar-refractivity contribution in [1.29, 1.82) is 0 Å². The maximum atomic E-state index is 12.3. The van der Waals surface area contributed by atoms with Crippen molar-refractivity contribution in [3.63, 3.8) is 0 Å². The molecule has 3 fully saturated rings. The number of rotatable bonds is 7. The van der Waals surface area contributed by atoms with Gasteiger partial charge < -0.3 is 14.5 Å². The molecule has 3 saturated heterocycles. The first-order valence-electron chi connectivity index (χ1n) is 9.96. The standard InChI is InChI=1S/C19H35N3O2S/c1-16(2)13-20(3)8-4-9-22-15-19(24-18(22)23)6-10-21(11-7-19)17-5-12-25-14-17/h16-17H,4-15H2,1-3H3/t17-/m1/s1. The van der Waals surface area contributed by atoms with Gasteiger partial charge in [-0.15, -0.1) is 0 Å². The zero-order valence-electron chi connectivity index (χ0n) is 16.2. The molecule has 0 N–H and O–H groups in total. The van der Waals surface area contributed by atoms with Crippen molar-refractivity contribution >= 4 is 17.9 Å². The fraction of sp³-hybridized carbons (Fsp3) is 0.947. The summed E-state index contributed by atoms with van der Waals surface area (Å²) in [5, 5.41) is 0. The third-order valence-electron chi connectivity index (χ3n) is 5.82. The topological polar surface area (TPSA) is 36.0 Å². The zero-order chi connectivity index (χ0) is 17.9. The Kier molecular flexibility index (Phi) is 6.55. The van der Waals surface area contributed by atoms with Crippen LogP contribution in [0.1, 0.15) is 39.5 Å². The van der Waals surface area contributed by atoms with E-state index in [2.05, 4.69) is 42.5 Å². The minimum Gasteiger partial charge on any atom is -0.441 e. The molecule has 0 bridgehead atoms. The SMILES string of the molecule is CC(C)CN(C)CCCN1CC2(CCN([C@@H]3CCSC3)CC2)OC1=O. The van der Waals surface area contributed by atoms with E-state index in [4.69, 9.17) is 4.74 Å². The van der Waals surface area contributed by atoms with E-state index in [0.717, 1.165) is 64.6 Å². The van der Waals surface area contributed by atoms with Crippen molar-refractivity contribution in [2.75, 3.05) is 57.8 Å². The first-order chi connectivity index (χ1) is 12.0. The van der Waals surface area contributed by atoms with Crippen molar-refractivity contribution in [1.82, 2.24) is 14.7 Å². The van der Waals surface area contributed by atoms with E-state index in [1.807, 2.05) is 4.90 Å². The van der Waals surface area contributed by atoms with Gasteiger partial charge in [-0.25, -0.2) is 4.79 Å². The van der Waals surface area contributed by atoms with Crippen LogP contribution in [0, 0.1) is 5.92 Å². The number of ether oxygens (including phenoxy) is 1. The van der Waals surface area contributed by atoms with Crippen molar-refractivity contribution in [3.05, 3.63) is 0 Å². The van der Waals surface area contributed by atoms with E-state index in [9.17, 15) is 4.79 Å². The van der Waals surface area contributed by atoms with Crippen LogP contribution in [0.15, 0.2) is 0 Å². The van der Waals surface area contributed by atoms with E-state index in [-0.39, 0.29) is 11.7 Å². The molecule has 0 radical (unpaired) electrons. The van der Waals surface area contributed by atoms with Crippen LogP contribution in [0.5, 0.6) is 0 Å². The summed E-state index contributed by atoms with van der Waals surface area (Å²) in [7, 11) is 2.17. The number of hydrogen-bond donors (Lipinski definition) is 0.